The van der Waals surface area contributed by atoms with Crippen molar-refractivity contribution in [1.82, 2.24) is 15.4 Å². The second-order valence-corrected chi connectivity index (χ2v) is 8.14. The van der Waals surface area contributed by atoms with Crippen molar-refractivity contribution in [3.8, 4) is 0 Å². The first-order valence-electron chi connectivity index (χ1n) is 7.88. The van der Waals surface area contributed by atoms with Crippen molar-refractivity contribution >= 4 is 40.0 Å². The number of sulfonamides is 1. The third-order valence-electron chi connectivity index (χ3n) is 3.65. The van der Waals surface area contributed by atoms with Gasteiger partial charge in [-0.15, -0.1) is 24.0 Å². The van der Waals surface area contributed by atoms with E-state index < -0.39 is 10.0 Å². The quantitative estimate of drug-likeness (QED) is 0.227. The maximum absolute atomic E-state index is 13.4. The minimum Gasteiger partial charge on any atom is -0.356 e. The number of rotatable bonds is 8. The Morgan fingerprint density at radius 1 is 1.24 bits per heavy atom. The van der Waals surface area contributed by atoms with E-state index in [2.05, 4.69) is 20.3 Å². The van der Waals surface area contributed by atoms with Crippen molar-refractivity contribution in [3.05, 3.63) is 35.6 Å². The van der Waals surface area contributed by atoms with Gasteiger partial charge in [0.05, 0.1) is 5.75 Å². The van der Waals surface area contributed by atoms with Gasteiger partial charge in [-0.25, -0.2) is 17.5 Å². The van der Waals surface area contributed by atoms with E-state index in [0.717, 1.165) is 5.56 Å². The Hall–Kier alpha value is -0.940. The van der Waals surface area contributed by atoms with Crippen LogP contribution in [-0.2, 0) is 15.4 Å². The molecule has 0 radical (unpaired) electrons. The first-order valence-corrected chi connectivity index (χ1v) is 9.53. The SMILES string of the molecule is CCS(=O)(=O)NCCNC(=NC)NCC(C)(C)c1cccc(F)c1.I. The Morgan fingerprint density at radius 2 is 1.92 bits per heavy atom. The Balaban J connectivity index is 0.00000576. The van der Waals surface area contributed by atoms with E-state index >= 15 is 0 Å². The van der Waals surface area contributed by atoms with Crippen LogP contribution in [0.25, 0.3) is 0 Å². The summed E-state index contributed by atoms with van der Waals surface area (Å²) in [5, 5.41) is 6.22. The summed E-state index contributed by atoms with van der Waals surface area (Å²) >= 11 is 0. The first-order chi connectivity index (χ1) is 11.2. The van der Waals surface area contributed by atoms with Gasteiger partial charge in [0.25, 0.3) is 0 Å². The van der Waals surface area contributed by atoms with Crippen LogP contribution in [0.2, 0.25) is 0 Å². The van der Waals surface area contributed by atoms with Crippen molar-refractivity contribution in [1.29, 1.82) is 0 Å². The molecule has 0 aliphatic heterocycles. The minimum atomic E-state index is -3.19. The molecule has 9 heteroatoms. The van der Waals surface area contributed by atoms with Crippen LogP contribution in [0.3, 0.4) is 0 Å². The Morgan fingerprint density at radius 3 is 2.48 bits per heavy atom. The number of aliphatic imine (C=N–C) groups is 1. The summed E-state index contributed by atoms with van der Waals surface area (Å²) < 4.78 is 38.5. The van der Waals surface area contributed by atoms with E-state index in [9.17, 15) is 12.8 Å². The number of benzene rings is 1. The van der Waals surface area contributed by atoms with Crippen LogP contribution in [0.5, 0.6) is 0 Å². The van der Waals surface area contributed by atoms with Gasteiger partial charge in [0.2, 0.25) is 10.0 Å². The van der Waals surface area contributed by atoms with Gasteiger partial charge in [0.1, 0.15) is 5.82 Å². The molecule has 1 aromatic carbocycles. The van der Waals surface area contributed by atoms with Crippen LogP contribution in [0, 0.1) is 5.82 Å². The lowest BCUT2D eigenvalue weighted by Gasteiger charge is -2.26. The molecule has 0 bridgehead atoms. The average molecular weight is 486 g/mol. The van der Waals surface area contributed by atoms with Crippen LogP contribution in [0.15, 0.2) is 29.3 Å². The molecule has 0 aliphatic rings. The number of nitrogens with zero attached hydrogens (tertiary/aromatic N) is 1. The first kappa shape index (κ1) is 24.1. The second-order valence-electron chi connectivity index (χ2n) is 6.04. The largest absolute Gasteiger partial charge is 0.356 e. The summed E-state index contributed by atoms with van der Waals surface area (Å²) in [5.74, 6) is 0.364. The van der Waals surface area contributed by atoms with Crippen LogP contribution in [-0.4, -0.2) is 46.8 Å². The van der Waals surface area contributed by atoms with Crippen molar-refractivity contribution in [3.63, 3.8) is 0 Å². The van der Waals surface area contributed by atoms with Gasteiger partial charge in [-0.1, -0.05) is 26.0 Å². The highest BCUT2D eigenvalue weighted by atomic mass is 127. The molecule has 0 unspecified atom stereocenters. The molecule has 0 spiro atoms. The van der Waals surface area contributed by atoms with Crippen molar-refractivity contribution < 1.29 is 12.8 Å². The minimum absolute atomic E-state index is 0. The monoisotopic (exact) mass is 486 g/mol. The molecule has 0 heterocycles. The number of hydrogen-bond donors (Lipinski definition) is 3. The second kappa shape index (κ2) is 10.9. The van der Waals surface area contributed by atoms with Crippen LogP contribution in [0.4, 0.5) is 4.39 Å². The zero-order valence-corrected chi connectivity index (χ0v) is 18.2. The normalized spacial score (nSPS) is 12.4. The maximum atomic E-state index is 13.4. The average Bonchev–Trinajstić information content (AvgIpc) is 2.54. The molecule has 0 aromatic heterocycles. The summed E-state index contributed by atoms with van der Waals surface area (Å²) in [6.07, 6.45) is 0. The van der Waals surface area contributed by atoms with E-state index in [1.54, 1.807) is 20.0 Å². The van der Waals surface area contributed by atoms with Crippen molar-refractivity contribution in [2.45, 2.75) is 26.2 Å². The summed E-state index contributed by atoms with van der Waals surface area (Å²) in [5.41, 5.74) is 0.602. The molecule has 1 aromatic rings. The van der Waals surface area contributed by atoms with Gasteiger partial charge in [0.15, 0.2) is 5.96 Å². The predicted octanol–water partition coefficient (Wildman–Crippen LogP) is 1.83. The Bertz CT molecular complexity index is 666. The lowest BCUT2D eigenvalue weighted by atomic mass is 9.84. The molecule has 0 atom stereocenters. The Labute approximate surface area is 167 Å². The lowest BCUT2D eigenvalue weighted by molar-refractivity contribution is 0.503. The summed E-state index contributed by atoms with van der Waals surface area (Å²) in [7, 11) is -1.55. The van der Waals surface area contributed by atoms with Crippen LogP contribution < -0.4 is 15.4 Å². The molecule has 0 aliphatic carbocycles. The van der Waals surface area contributed by atoms with Gasteiger partial charge in [-0.3, -0.25) is 4.99 Å². The zero-order valence-electron chi connectivity index (χ0n) is 15.1. The van der Waals surface area contributed by atoms with E-state index in [1.165, 1.54) is 12.1 Å². The topological polar surface area (TPSA) is 82.6 Å². The van der Waals surface area contributed by atoms with E-state index in [-0.39, 0.29) is 47.5 Å². The molecule has 3 N–H and O–H groups in total. The fourth-order valence-electron chi connectivity index (χ4n) is 2.03. The van der Waals surface area contributed by atoms with Crippen LogP contribution >= 0.6 is 24.0 Å². The summed E-state index contributed by atoms with van der Waals surface area (Å²) in [4.78, 5) is 4.10. The third kappa shape index (κ3) is 8.82. The molecule has 0 fully saturated rings. The summed E-state index contributed by atoms with van der Waals surface area (Å²) in [6, 6.07) is 6.53. The smallest absolute Gasteiger partial charge is 0.211 e. The molecular weight excluding hydrogens is 458 g/mol. The molecule has 1 rings (SSSR count). The van der Waals surface area contributed by atoms with Crippen molar-refractivity contribution in [2.75, 3.05) is 32.4 Å². The zero-order chi connectivity index (χ0) is 18.2. The van der Waals surface area contributed by atoms with Gasteiger partial charge in [-0.05, 0) is 24.6 Å². The molecule has 6 nitrogen and oxygen atoms in total. The standard InChI is InChI=1S/C16H27FN4O2S.HI/c1-5-24(22,23)21-10-9-19-15(18-4)20-12-16(2,3)13-7-6-8-14(17)11-13;/h6-8,11,21H,5,9-10,12H2,1-4H3,(H2,18,19,20);1H. The third-order valence-corrected chi connectivity index (χ3v) is 5.05. The molecule has 144 valence electrons. The number of nitrogens with one attached hydrogen (secondary N) is 3. The highest BCUT2D eigenvalue weighted by Crippen LogP contribution is 2.22. The maximum Gasteiger partial charge on any atom is 0.211 e. The lowest BCUT2D eigenvalue weighted by Crippen LogP contribution is -2.45. The van der Waals surface area contributed by atoms with Crippen LogP contribution in [0.1, 0.15) is 26.3 Å². The van der Waals surface area contributed by atoms with Gasteiger partial charge < -0.3 is 10.6 Å². The van der Waals surface area contributed by atoms with Crippen molar-refractivity contribution in [2.24, 2.45) is 4.99 Å². The summed E-state index contributed by atoms with van der Waals surface area (Å²) in [6.45, 7) is 6.86. The fourth-order valence-corrected chi connectivity index (χ4v) is 2.64. The van der Waals surface area contributed by atoms with Gasteiger partial charge >= 0.3 is 0 Å². The Kier molecular flexibility index (Phi) is 10.5. The number of hydrogen-bond acceptors (Lipinski definition) is 3. The molecule has 0 saturated carbocycles. The van der Waals surface area contributed by atoms with Gasteiger partial charge in [-0.2, -0.15) is 0 Å². The van der Waals surface area contributed by atoms with E-state index in [1.807, 2.05) is 19.9 Å². The molecule has 0 amide bonds. The highest BCUT2D eigenvalue weighted by Gasteiger charge is 2.21. The molecule has 0 saturated heterocycles. The van der Waals surface area contributed by atoms with Gasteiger partial charge in [0, 0.05) is 32.1 Å². The van der Waals surface area contributed by atoms with E-state index in [0.29, 0.717) is 19.0 Å². The molecular formula is C16H28FIN4O2S. The fraction of sp³-hybridized carbons (Fsp3) is 0.562. The highest BCUT2D eigenvalue weighted by molar-refractivity contribution is 14.0. The number of halogens is 2. The molecule has 25 heavy (non-hydrogen) atoms. The predicted molar refractivity (Wildman–Crippen MR) is 112 cm³/mol. The number of guanidine groups is 1. The van der Waals surface area contributed by atoms with E-state index in [4.69, 9.17) is 0 Å².